The first-order valence-electron chi connectivity index (χ1n) is 10.1. The number of nitrogens with zero attached hydrogens (tertiary/aromatic N) is 1. The van der Waals surface area contributed by atoms with Crippen molar-refractivity contribution in [2.45, 2.75) is 90.1 Å². The van der Waals surface area contributed by atoms with Gasteiger partial charge in [0.05, 0.1) is 21.1 Å². The standard InChI is InChI=1S/C21H42NO2.BrH/c1-5-24-21(20-22(2,3)4)18-16-14-12-10-8-6-7-9-11-13-15-17-19-23;/h17,21H,5-16,18,20H2,1-4H3;1H/q+1;/p-1. The summed E-state index contributed by atoms with van der Waals surface area (Å²) < 4.78 is 6.87. The lowest BCUT2D eigenvalue weighted by molar-refractivity contribution is -0.873. The molecule has 0 saturated carbocycles. The van der Waals surface area contributed by atoms with E-state index in [1.165, 1.54) is 64.2 Å². The number of unbranched alkanes of at least 4 members (excludes halogenated alkanes) is 10. The van der Waals surface area contributed by atoms with Crippen molar-refractivity contribution >= 4 is 5.94 Å². The van der Waals surface area contributed by atoms with Gasteiger partial charge in [0.1, 0.15) is 18.6 Å². The highest BCUT2D eigenvalue weighted by Gasteiger charge is 2.17. The van der Waals surface area contributed by atoms with Crippen LogP contribution in [0.1, 0.15) is 84.0 Å². The maximum Gasteiger partial charge on any atom is 0.120 e. The molecule has 0 aliphatic rings. The number of allylic oxidation sites excluding steroid dienone is 1. The molecule has 0 aromatic heterocycles. The molecular weight excluding hydrogens is 378 g/mol. The number of quaternary nitrogens is 1. The summed E-state index contributed by atoms with van der Waals surface area (Å²) in [6, 6.07) is 0. The van der Waals surface area contributed by atoms with E-state index >= 15 is 0 Å². The Balaban J connectivity index is 0. The van der Waals surface area contributed by atoms with Crippen molar-refractivity contribution in [3.63, 3.8) is 0 Å². The van der Waals surface area contributed by atoms with Gasteiger partial charge >= 0.3 is 0 Å². The Morgan fingerprint density at radius 2 is 1.36 bits per heavy atom. The van der Waals surface area contributed by atoms with Gasteiger partial charge in [-0.2, -0.15) is 0 Å². The van der Waals surface area contributed by atoms with Gasteiger partial charge in [0.25, 0.3) is 0 Å². The summed E-state index contributed by atoms with van der Waals surface area (Å²) in [6.45, 7) is 4.04. The Kier molecular flexibility index (Phi) is 20.2. The van der Waals surface area contributed by atoms with Crippen molar-refractivity contribution in [2.75, 3.05) is 34.3 Å². The van der Waals surface area contributed by atoms with E-state index in [2.05, 4.69) is 28.1 Å². The average Bonchev–Trinajstić information content (AvgIpc) is 2.50. The van der Waals surface area contributed by atoms with Crippen LogP contribution in [0.4, 0.5) is 0 Å². The summed E-state index contributed by atoms with van der Waals surface area (Å²) >= 11 is 0. The lowest BCUT2D eigenvalue weighted by atomic mass is 10.0. The van der Waals surface area contributed by atoms with Gasteiger partial charge in [-0.05, 0) is 32.3 Å². The van der Waals surface area contributed by atoms with Crippen molar-refractivity contribution in [1.82, 2.24) is 0 Å². The summed E-state index contributed by atoms with van der Waals surface area (Å²) in [5, 5.41) is 0. The lowest BCUT2D eigenvalue weighted by Crippen LogP contribution is -3.00. The second kappa shape index (κ2) is 18.6. The van der Waals surface area contributed by atoms with E-state index < -0.39 is 0 Å². The van der Waals surface area contributed by atoms with E-state index in [0.717, 1.165) is 30.5 Å². The van der Waals surface area contributed by atoms with Crippen LogP contribution < -0.4 is 17.0 Å². The quantitative estimate of drug-likeness (QED) is 0.205. The molecule has 4 heteroatoms. The monoisotopic (exact) mass is 419 g/mol. The fourth-order valence-corrected chi connectivity index (χ4v) is 3.17. The van der Waals surface area contributed by atoms with Gasteiger partial charge in [-0.3, -0.25) is 0 Å². The highest BCUT2D eigenvalue weighted by atomic mass is 79.9. The van der Waals surface area contributed by atoms with E-state index in [4.69, 9.17) is 4.74 Å². The number of rotatable bonds is 17. The van der Waals surface area contributed by atoms with Crippen LogP contribution in [0, 0.1) is 0 Å². The molecule has 0 bridgehead atoms. The minimum absolute atomic E-state index is 0. The molecule has 0 aromatic rings. The summed E-state index contributed by atoms with van der Waals surface area (Å²) in [4.78, 5) is 10.0. The molecule has 0 saturated heterocycles. The third kappa shape index (κ3) is 21.8. The number of ether oxygens (including phenoxy) is 1. The second-order valence-corrected chi connectivity index (χ2v) is 7.99. The van der Waals surface area contributed by atoms with Crippen LogP contribution in [0.15, 0.2) is 6.08 Å². The molecule has 25 heavy (non-hydrogen) atoms. The van der Waals surface area contributed by atoms with Gasteiger partial charge in [-0.1, -0.05) is 57.8 Å². The molecule has 0 radical (unpaired) electrons. The van der Waals surface area contributed by atoms with E-state index in [1.54, 1.807) is 6.08 Å². The highest BCUT2D eigenvalue weighted by Crippen LogP contribution is 2.14. The first-order valence-corrected chi connectivity index (χ1v) is 10.1. The van der Waals surface area contributed by atoms with Gasteiger partial charge in [-0.25, -0.2) is 4.79 Å². The first-order chi connectivity index (χ1) is 11.5. The van der Waals surface area contributed by atoms with Crippen molar-refractivity contribution in [1.29, 1.82) is 0 Å². The fraction of sp³-hybridized carbons (Fsp3) is 0.905. The highest BCUT2D eigenvalue weighted by molar-refractivity contribution is 5.44. The van der Waals surface area contributed by atoms with Crippen LogP contribution in [0.5, 0.6) is 0 Å². The molecule has 150 valence electrons. The molecule has 0 fully saturated rings. The molecule has 0 aliphatic heterocycles. The zero-order valence-corrected chi connectivity index (χ0v) is 18.8. The average molecular weight is 420 g/mol. The van der Waals surface area contributed by atoms with E-state index in [0.29, 0.717) is 6.10 Å². The number of halogens is 1. The largest absolute Gasteiger partial charge is 1.00 e. The molecule has 0 N–H and O–H groups in total. The zero-order valence-electron chi connectivity index (χ0n) is 17.2. The minimum atomic E-state index is 0. The molecular formula is C21H42BrNO2. The predicted octanol–water partition coefficient (Wildman–Crippen LogP) is 2.17. The van der Waals surface area contributed by atoms with E-state index in [1.807, 2.05) is 5.94 Å². The number of carbonyl (C=O) groups excluding carboxylic acids is 1. The number of likely N-dealkylation sites (N-methyl/N-ethyl adjacent to an activating group) is 1. The topological polar surface area (TPSA) is 26.3 Å². The molecule has 1 atom stereocenters. The smallest absolute Gasteiger partial charge is 0.120 e. The van der Waals surface area contributed by atoms with Gasteiger partial charge in [-0.15, -0.1) is 0 Å². The Morgan fingerprint density at radius 3 is 1.80 bits per heavy atom. The fourth-order valence-electron chi connectivity index (χ4n) is 3.17. The third-order valence-electron chi connectivity index (χ3n) is 4.36. The van der Waals surface area contributed by atoms with Crippen molar-refractivity contribution in [3.05, 3.63) is 6.08 Å². The van der Waals surface area contributed by atoms with Crippen LogP contribution in [-0.2, 0) is 9.53 Å². The Labute approximate surface area is 167 Å². The molecule has 3 nitrogen and oxygen atoms in total. The maximum absolute atomic E-state index is 10.0. The van der Waals surface area contributed by atoms with Gasteiger partial charge in [0.15, 0.2) is 0 Å². The van der Waals surface area contributed by atoms with Crippen molar-refractivity contribution in [3.8, 4) is 0 Å². The Morgan fingerprint density at radius 1 is 0.880 bits per heavy atom. The van der Waals surface area contributed by atoms with Crippen molar-refractivity contribution in [2.24, 2.45) is 0 Å². The van der Waals surface area contributed by atoms with Crippen LogP contribution in [0.25, 0.3) is 0 Å². The molecule has 0 spiro atoms. The van der Waals surface area contributed by atoms with Gasteiger partial charge in [0, 0.05) is 6.61 Å². The second-order valence-electron chi connectivity index (χ2n) is 7.99. The van der Waals surface area contributed by atoms with Crippen LogP contribution in [0.2, 0.25) is 0 Å². The van der Waals surface area contributed by atoms with Crippen LogP contribution in [0.3, 0.4) is 0 Å². The first kappa shape index (κ1) is 27.1. The summed E-state index contributed by atoms with van der Waals surface area (Å²) in [5.74, 6) is 1.84. The molecule has 1 unspecified atom stereocenters. The van der Waals surface area contributed by atoms with Gasteiger partial charge in [0.2, 0.25) is 0 Å². The Hall–Kier alpha value is -0.150. The molecule has 0 aromatic carbocycles. The van der Waals surface area contributed by atoms with Gasteiger partial charge < -0.3 is 26.2 Å². The molecule has 0 rings (SSSR count). The van der Waals surface area contributed by atoms with E-state index in [-0.39, 0.29) is 17.0 Å². The molecule has 0 aliphatic carbocycles. The predicted molar refractivity (Wildman–Crippen MR) is 104 cm³/mol. The number of hydrogen-bond acceptors (Lipinski definition) is 2. The molecule has 0 heterocycles. The van der Waals surface area contributed by atoms with E-state index in [9.17, 15) is 4.79 Å². The third-order valence-corrected chi connectivity index (χ3v) is 4.36. The summed E-state index contributed by atoms with van der Waals surface area (Å²) in [5.41, 5.74) is 0. The Bertz CT molecular complexity index is 322. The van der Waals surface area contributed by atoms with Crippen molar-refractivity contribution < 1.29 is 31.0 Å². The number of hydrogen-bond donors (Lipinski definition) is 0. The summed E-state index contributed by atoms with van der Waals surface area (Å²) in [6.07, 6.45) is 17.3. The lowest BCUT2D eigenvalue weighted by Gasteiger charge is -2.29. The summed E-state index contributed by atoms with van der Waals surface area (Å²) in [7, 11) is 6.72. The van der Waals surface area contributed by atoms with Crippen LogP contribution >= 0.6 is 0 Å². The maximum atomic E-state index is 10.0. The van der Waals surface area contributed by atoms with Crippen LogP contribution in [-0.4, -0.2) is 50.8 Å². The molecule has 0 amide bonds. The minimum Gasteiger partial charge on any atom is -1.00 e. The normalized spacial score (nSPS) is 12.3. The zero-order chi connectivity index (χ0) is 18.1. The SMILES string of the molecule is CCOC(CCCCCCCCCCCCC=C=O)C[N+](C)(C)C.[Br-].